The molecule has 0 saturated heterocycles. The van der Waals surface area contributed by atoms with Crippen LogP contribution in [0, 0.1) is 6.92 Å². The maximum atomic E-state index is 13.0. The second-order valence-corrected chi connectivity index (χ2v) is 7.30. The summed E-state index contributed by atoms with van der Waals surface area (Å²) in [5.41, 5.74) is 4.79. The number of ether oxygens (including phenoxy) is 1. The van der Waals surface area contributed by atoms with E-state index in [1.807, 2.05) is 37.3 Å². The average Bonchev–Trinajstić information content (AvgIpc) is 3.28. The highest BCUT2D eigenvalue weighted by molar-refractivity contribution is 6.21. The maximum absolute atomic E-state index is 13.0. The fourth-order valence-electron chi connectivity index (χ4n) is 3.64. The van der Waals surface area contributed by atoms with E-state index in [0.29, 0.717) is 28.2 Å². The topological polar surface area (TPSA) is 72.6 Å². The summed E-state index contributed by atoms with van der Waals surface area (Å²) >= 11 is 0. The van der Waals surface area contributed by atoms with Gasteiger partial charge in [0.25, 0.3) is 11.8 Å². The van der Waals surface area contributed by atoms with Gasteiger partial charge in [0.1, 0.15) is 11.3 Å². The molecule has 1 aromatic heterocycles. The van der Waals surface area contributed by atoms with Crippen LogP contribution in [0.25, 0.3) is 22.6 Å². The molecule has 0 spiro atoms. The Kier molecular flexibility index (Phi) is 4.13. The largest absolute Gasteiger partial charge is 0.497 e. The molecule has 1 aliphatic rings. The van der Waals surface area contributed by atoms with Gasteiger partial charge in [0.2, 0.25) is 5.89 Å². The number of amides is 2. The number of nitrogens with zero attached hydrogens (tertiary/aromatic N) is 2. The van der Waals surface area contributed by atoms with E-state index in [4.69, 9.17) is 9.15 Å². The standard InChI is InChI=1S/C24H18N2O4/c1-14-3-10-21-20(11-14)25-22(30-21)16-6-9-18-19(12-16)24(28)26(23(18)27)13-15-4-7-17(29-2)8-5-15/h3-12H,13H2,1-2H3. The maximum Gasteiger partial charge on any atom is 0.261 e. The fourth-order valence-corrected chi connectivity index (χ4v) is 3.64. The van der Waals surface area contributed by atoms with E-state index in [-0.39, 0.29) is 18.4 Å². The first-order valence-corrected chi connectivity index (χ1v) is 9.54. The molecule has 1 aliphatic heterocycles. The van der Waals surface area contributed by atoms with E-state index in [9.17, 15) is 9.59 Å². The summed E-state index contributed by atoms with van der Waals surface area (Å²) in [6.07, 6.45) is 0. The summed E-state index contributed by atoms with van der Waals surface area (Å²) in [7, 11) is 1.59. The van der Waals surface area contributed by atoms with Gasteiger partial charge < -0.3 is 9.15 Å². The van der Waals surface area contributed by atoms with Crippen molar-refractivity contribution in [2.75, 3.05) is 7.11 Å². The van der Waals surface area contributed by atoms with Crippen LogP contribution in [-0.4, -0.2) is 28.8 Å². The molecule has 6 heteroatoms. The molecule has 148 valence electrons. The minimum Gasteiger partial charge on any atom is -0.497 e. The number of carbonyl (C=O) groups excluding carboxylic acids is 2. The molecule has 5 rings (SSSR count). The monoisotopic (exact) mass is 398 g/mol. The Hall–Kier alpha value is -3.93. The van der Waals surface area contributed by atoms with Crippen molar-refractivity contribution in [3.8, 4) is 17.2 Å². The highest BCUT2D eigenvalue weighted by atomic mass is 16.5. The predicted molar refractivity (Wildman–Crippen MR) is 111 cm³/mol. The molecule has 2 amide bonds. The van der Waals surface area contributed by atoms with E-state index in [2.05, 4.69) is 4.98 Å². The van der Waals surface area contributed by atoms with Crippen molar-refractivity contribution in [2.24, 2.45) is 0 Å². The van der Waals surface area contributed by atoms with Gasteiger partial charge >= 0.3 is 0 Å². The van der Waals surface area contributed by atoms with E-state index < -0.39 is 0 Å². The minimum absolute atomic E-state index is 0.202. The molecule has 0 saturated carbocycles. The van der Waals surface area contributed by atoms with E-state index in [1.54, 1.807) is 37.4 Å². The summed E-state index contributed by atoms with van der Waals surface area (Å²) in [6.45, 7) is 2.19. The van der Waals surface area contributed by atoms with Gasteiger partial charge in [0, 0.05) is 5.56 Å². The quantitative estimate of drug-likeness (QED) is 0.470. The lowest BCUT2D eigenvalue weighted by Crippen LogP contribution is -2.29. The summed E-state index contributed by atoms with van der Waals surface area (Å²) in [6, 6.07) is 18.2. The normalized spacial score (nSPS) is 13.2. The van der Waals surface area contributed by atoms with Gasteiger partial charge in [-0.25, -0.2) is 4.98 Å². The summed E-state index contributed by atoms with van der Waals surface area (Å²) in [4.78, 5) is 31.6. The van der Waals surface area contributed by atoms with Crippen LogP contribution in [0.15, 0.2) is 65.1 Å². The Morgan fingerprint density at radius 1 is 0.933 bits per heavy atom. The van der Waals surface area contributed by atoms with Crippen LogP contribution in [0.1, 0.15) is 31.8 Å². The number of imide groups is 1. The van der Waals surface area contributed by atoms with Gasteiger partial charge in [0.05, 0.1) is 24.8 Å². The molecule has 0 atom stereocenters. The molecule has 0 bridgehead atoms. The zero-order valence-electron chi connectivity index (χ0n) is 16.5. The lowest BCUT2D eigenvalue weighted by molar-refractivity contribution is 0.0642. The second-order valence-electron chi connectivity index (χ2n) is 7.30. The molecule has 2 heterocycles. The molecule has 30 heavy (non-hydrogen) atoms. The lowest BCUT2D eigenvalue weighted by atomic mass is 10.1. The highest BCUT2D eigenvalue weighted by Gasteiger charge is 2.36. The number of benzene rings is 3. The molecule has 0 N–H and O–H groups in total. The third-order valence-electron chi connectivity index (χ3n) is 5.26. The van der Waals surface area contributed by atoms with E-state index >= 15 is 0 Å². The second kappa shape index (κ2) is 6.84. The number of carbonyl (C=O) groups is 2. The van der Waals surface area contributed by atoms with Crippen molar-refractivity contribution < 1.29 is 18.7 Å². The molecule has 6 nitrogen and oxygen atoms in total. The molecule has 0 radical (unpaired) electrons. The molecular formula is C24H18N2O4. The van der Waals surface area contributed by atoms with Crippen LogP contribution in [0.4, 0.5) is 0 Å². The summed E-state index contributed by atoms with van der Waals surface area (Å²) in [5.74, 6) is 0.525. The number of hydrogen-bond donors (Lipinski definition) is 0. The first kappa shape index (κ1) is 18.1. The molecule has 0 fully saturated rings. The van der Waals surface area contributed by atoms with Crippen molar-refractivity contribution >= 4 is 22.9 Å². The molecule has 0 aliphatic carbocycles. The van der Waals surface area contributed by atoms with Crippen molar-refractivity contribution in [3.63, 3.8) is 0 Å². The Labute approximate surface area is 172 Å². The van der Waals surface area contributed by atoms with Crippen LogP contribution < -0.4 is 4.74 Å². The molecule has 0 unspecified atom stereocenters. The SMILES string of the molecule is COc1ccc(CN2C(=O)c3ccc(-c4nc5cc(C)ccc5o4)cc3C2=O)cc1. The van der Waals surface area contributed by atoms with E-state index in [0.717, 1.165) is 22.4 Å². The Morgan fingerprint density at radius 3 is 2.47 bits per heavy atom. The number of aromatic nitrogens is 1. The van der Waals surface area contributed by atoms with Gasteiger partial charge in [-0.1, -0.05) is 18.2 Å². The Bertz CT molecular complexity index is 1300. The Morgan fingerprint density at radius 2 is 1.70 bits per heavy atom. The van der Waals surface area contributed by atoms with Crippen LogP contribution in [-0.2, 0) is 6.54 Å². The summed E-state index contributed by atoms with van der Waals surface area (Å²) < 4.78 is 11.0. The van der Waals surface area contributed by atoms with Crippen molar-refractivity contribution in [1.29, 1.82) is 0 Å². The number of methoxy groups -OCH3 is 1. The summed E-state index contributed by atoms with van der Waals surface area (Å²) in [5, 5.41) is 0. The predicted octanol–water partition coefficient (Wildman–Crippen LogP) is 4.61. The van der Waals surface area contributed by atoms with Gasteiger partial charge in [-0.15, -0.1) is 0 Å². The van der Waals surface area contributed by atoms with Gasteiger partial charge in [0.15, 0.2) is 5.58 Å². The van der Waals surface area contributed by atoms with Crippen molar-refractivity contribution in [3.05, 3.63) is 82.9 Å². The third-order valence-corrected chi connectivity index (χ3v) is 5.26. The van der Waals surface area contributed by atoms with Gasteiger partial charge in [-0.2, -0.15) is 0 Å². The molecule has 3 aromatic carbocycles. The van der Waals surface area contributed by atoms with Crippen molar-refractivity contribution in [1.82, 2.24) is 9.88 Å². The van der Waals surface area contributed by atoms with Gasteiger partial charge in [-0.05, 0) is 60.5 Å². The lowest BCUT2D eigenvalue weighted by Gasteiger charge is -2.14. The van der Waals surface area contributed by atoms with Crippen LogP contribution in [0.2, 0.25) is 0 Å². The van der Waals surface area contributed by atoms with Crippen molar-refractivity contribution in [2.45, 2.75) is 13.5 Å². The number of oxazole rings is 1. The fraction of sp³-hybridized carbons (Fsp3) is 0.125. The van der Waals surface area contributed by atoms with Crippen LogP contribution in [0.5, 0.6) is 5.75 Å². The molecular weight excluding hydrogens is 380 g/mol. The van der Waals surface area contributed by atoms with Gasteiger partial charge in [-0.3, -0.25) is 14.5 Å². The number of fused-ring (bicyclic) bond motifs is 2. The molecule has 4 aromatic rings. The first-order chi connectivity index (χ1) is 14.5. The minimum atomic E-state index is -0.320. The third kappa shape index (κ3) is 2.93. The van der Waals surface area contributed by atoms with Crippen LogP contribution >= 0.6 is 0 Å². The zero-order chi connectivity index (χ0) is 20.8. The number of rotatable bonds is 4. The average molecular weight is 398 g/mol. The first-order valence-electron chi connectivity index (χ1n) is 9.54. The Balaban J connectivity index is 1.46. The number of aryl methyl sites for hydroxylation is 1. The van der Waals surface area contributed by atoms with E-state index in [1.165, 1.54) is 4.90 Å². The van der Waals surface area contributed by atoms with Crippen LogP contribution in [0.3, 0.4) is 0 Å². The zero-order valence-corrected chi connectivity index (χ0v) is 16.5. The smallest absolute Gasteiger partial charge is 0.261 e. The number of hydrogen-bond acceptors (Lipinski definition) is 5. The highest BCUT2D eigenvalue weighted by Crippen LogP contribution is 2.31.